The molecule has 0 unspecified atom stereocenters. The first-order valence-electron chi connectivity index (χ1n) is 7.85. The van der Waals surface area contributed by atoms with Gasteiger partial charge in [-0.25, -0.2) is 4.98 Å². The summed E-state index contributed by atoms with van der Waals surface area (Å²) in [5.41, 5.74) is 3.40. The third-order valence-electron chi connectivity index (χ3n) is 3.83. The third kappa shape index (κ3) is 3.75. The number of hydrogen-bond acceptors (Lipinski definition) is 3. The van der Waals surface area contributed by atoms with Crippen molar-refractivity contribution in [3.05, 3.63) is 74.1 Å². The van der Waals surface area contributed by atoms with E-state index in [4.69, 9.17) is 0 Å². The number of hydrogen-bond donors (Lipinski definition) is 1. The second-order valence-corrected chi connectivity index (χ2v) is 8.55. The van der Waals surface area contributed by atoms with Crippen LogP contribution in [0.5, 0.6) is 0 Å². The normalized spacial score (nSPS) is 11.0. The van der Waals surface area contributed by atoms with Crippen LogP contribution < -0.4 is 5.32 Å². The lowest BCUT2D eigenvalue weighted by molar-refractivity contribution is -0.115. The van der Waals surface area contributed by atoms with Crippen LogP contribution in [-0.2, 0) is 11.2 Å². The van der Waals surface area contributed by atoms with E-state index in [9.17, 15) is 4.79 Å². The van der Waals surface area contributed by atoms with Gasteiger partial charge in [0.1, 0.15) is 0 Å². The third-order valence-corrected chi connectivity index (χ3v) is 5.72. The second kappa shape index (κ2) is 7.34. The zero-order valence-electron chi connectivity index (χ0n) is 13.4. The molecule has 4 rings (SSSR count). The quantitative estimate of drug-likeness (QED) is 0.394. The highest BCUT2D eigenvalue weighted by atomic mass is 79.9. The number of amides is 1. The fourth-order valence-electron chi connectivity index (χ4n) is 2.70. The summed E-state index contributed by atoms with van der Waals surface area (Å²) in [6, 6.07) is 13.6. The molecule has 7 heteroatoms. The Hall–Kier alpha value is -1.96. The van der Waals surface area contributed by atoms with Gasteiger partial charge in [0, 0.05) is 33.0 Å². The Bertz CT molecular complexity index is 1090. The van der Waals surface area contributed by atoms with Crippen LogP contribution in [0.15, 0.2) is 69.2 Å². The van der Waals surface area contributed by atoms with Crippen LogP contribution >= 0.6 is 43.2 Å². The fraction of sp³-hybridized carbons (Fsp3) is 0.0526. The Balaban J connectivity index is 1.59. The first-order valence-corrected chi connectivity index (χ1v) is 10.3. The lowest BCUT2D eigenvalue weighted by Crippen LogP contribution is -2.13. The number of nitrogens with one attached hydrogen (secondary N) is 1. The van der Waals surface area contributed by atoms with Gasteiger partial charge in [-0.1, -0.05) is 18.2 Å². The van der Waals surface area contributed by atoms with E-state index in [1.807, 2.05) is 64.6 Å². The number of imidazole rings is 1. The van der Waals surface area contributed by atoms with Gasteiger partial charge in [0.15, 0.2) is 5.65 Å². The number of aromatic nitrogens is 2. The minimum absolute atomic E-state index is 0.0220. The van der Waals surface area contributed by atoms with Gasteiger partial charge in [0.25, 0.3) is 0 Å². The number of nitrogens with zero attached hydrogens (tertiary/aromatic N) is 2. The van der Waals surface area contributed by atoms with E-state index in [1.54, 1.807) is 11.3 Å². The van der Waals surface area contributed by atoms with Gasteiger partial charge in [-0.15, -0.1) is 11.3 Å². The van der Waals surface area contributed by atoms with Gasteiger partial charge in [-0.3, -0.25) is 4.79 Å². The van der Waals surface area contributed by atoms with Gasteiger partial charge in [-0.2, -0.15) is 0 Å². The minimum atomic E-state index is -0.0220. The monoisotopic (exact) mass is 489 g/mol. The van der Waals surface area contributed by atoms with Crippen LogP contribution in [0.2, 0.25) is 0 Å². The summed E-state index contributed by atoms with van der Waals surface area (Å²) in [5.74, 6) is -0.0220. The van der Waals surface area contributed by atoms with Gasteiger partial charge < -0.3 is 9.72 Å². The van der Waals surface area contributed by atoms with E-state index in [1.165, 1.54) is 0 Å². The first kappa shape index (κ1) is 17.5. The van der Waals surface area contributed by atoms with Crippen molar-refractivity contribution in [2.24, 2.45) is 0 Å². The van der Waals surface area contributed by atoms with Gasteiger partial charge >= 0.3 is 0 Å². The summed E-state index contributed by atoms with van der Waals surface area (Å²) in [6.07, 6.45) is 4.32. The number of halogens is 2. The number of pyridine rings is 1. The minimum Gasteiger partial charge on any atom is -0.326 e. The number of rotatable bonds is 4. The van der Waals surface area contributed by atoms with Crippen molar-refractivity contribution in [2.75, 3.05) is 5.32 Å². The van der Waals surface area contributed by atoms with E-state index in [2.05, 4.69) is 42.2 Å². The van der Waals surface area contributed by atoms with Crippen LogP contribution in [0.4, 0.5) is 5.69 Å². The summed E-state index contributed by atoms with van der Waals surface area (Å²) in [6.45, 7) is 0. The zero-order valence-corrected chi connectivity index (χ0v) is 17.4. The lowest BCUT2D eigenvalue weighted by Gasteiger charge is -2.06. The van der Waals surface area contributed by atoms with Crippen molar-refractivity contribution in [1.82, 2.24) is 9.38 Å². The molecule has 0 saturated carbocycles. The molecule has 0 fully saturated rings. The Morgan fingerprint density at radius 2 is 2.04 bits per heavy atom. The molecule has 130 valence electrons. The molecule has 3 heterocycles. The number of carbonyl (C=O) groups is 1. The highest BCUT2D eigenvalue weighted by molar-refractivity contribution is 9.11. The molecular weight excluding hydrogens is 478 g/mol. The average Bonchev–Trinajstić information content (AvgIpc) is 3.24. The maximum absolute atomic E-state index is 12.2. The predicted molar refractivity (Wildman–Crippen MR) is 113 cm³/mol. The smallest absolute Gasteiger partial charge is 0.229 e. The van der Waals surface area contributed by atoms with E-state index < -0.39 is 0 Å². The number of thiophene rings is 1. The molecule has 0 aliphatic rings. The fourth-order valence-corrected chi connectivity index (χ4v) is 4.70. The molecule has 1 amide bonds. The lowest BCUT2D eigenvalue weighted by atomic mass is 10.1. The standard InChI is InChI=1S/C19H13Br2N3OS/c20-13-8-16(21)19-23-17(11-24(19)10-13)12-3-1-4-14(7-12)22-18(25)9-15-5-2-6-26-15/h1-8,10-11H,9H2,(H,22,25). The molecule has 0 aliphatic carbocycles. The molecule has 0 radical (unpaired) electrons. The molecule has 0 bridgehead atoms. The Labute approximate surface area is 171 Å². The number of carbonyl (C=O) groups excluding carboxylic acids is 1. The topological polar surface area (TPSA) is 46.4 Å². The SMILES string of the molecule is O=C(Cc1cccs1)Nc1cccc(-c2cn3cc(Br)cc(Br)c3n2)c1. The average molecular weight is 491 g/mol. The van der Waals surface area contributed by atoms with Crippen molar-refractivity contribution in [2.45, 2.75) is 6.42 Å². The van der Waals surface area contributed by atoms with Gasteiger partial charge in [-0.05, 0) is 61.5 Å². The highest BCUT2D eigenvalue weighted by Gasteiger charge is 2.10. The maximum atomic E-state index is 12.2. The first-order chi connectivity index (χ1) is 12.6. The molecule has 0 spiro atoms. The Morgan fingerprint density at radius 3 is 2.85 bits per heavy atom. The predicted octanol–water partition coefficient (Wildman–Crippen LogP) is 5.77. The second-order valence-electron chi connectivity index (χ2n) is 5.75. The van der Waals surface area contributed by atoms with Crippen LogP contribution in [-0.4, -0.2) is 15.3 Å². The van der Waals surface area contributed by atoms with E-state index in [0.717, 1.165) is 36.4 Å². The number of fused-ring (bicyclic) bond motifs is 1. The van der Waals surface area contributed by atoms with Gasteiger partial charge in [0.05, 0.1) is 16.6 Å². The van der Waals surface area contributed by atoms with Crippen molar-refractivity contribution >= 4 is 60.4 Å². The molecule has 0 aliphatic heterocycles. The van der Waals surface area contributed by atoms with Crippen molar-refractivity contribution in [1.29, 1.82) is 0 Å². The molecule has 4 aromatic rings. The molecule has 3 aromatic heterocycles. The number of anilines is 1. The van der Waals surface area contributed by atoms with Crippen LogP contribution in [0.25, 0.3) is 16.9 Å². The van der Waals surface area contributed by atoms with Crippen molar-refractivity contribution in [3.63, 3.8) is 0 Å². The molecule has 0 saturated heterocycles. The number of benzene rings is 1. The summed E-state index contributed by atoms with van der Waals surface area (Å²) >= 11 is 8.61. The van der Waals surface area contributed by atoms with Crippen molar-refractivity contribution < 1.29 is 4.79 Å². The Morgan fingerprint density at radius 1 is 1.15 bits per heavy atom. The van der Waals surface area contributed by atoms with E-state index >= 15 is 0 Å². The Kier molecular flexibility index (Phi) is 4.93. The zero-order chi connectivity index (χ0) is 18.1. The van der Waals surface area contributed by atoms with Crippen LogP contribution in [0.3, 0.4) is 0 Å². The van der Waals surface area contributed by atoms with E-state index in [-0.39, 0.29) is 5.91 Å². The molecular formula is C19H13Br2N3OS. The highest BCUT2D eigenvalue weighted by Crippen LogP contribution is 2.27. The molecule has 1 aromatic carbocycles. The van der Waals surface area contributed by atoms with Crippen LogP contribution in [0.1, 0.15) is 4.88 Å². The molecule has 1 N–H and O–H groups in total. The largest absolute Gasteiger partial charge is 0.326 e. The molecule has 0 atom stereocenters. The van der Waals surface area contributed by atoms with Crippen LogP contribution in [0, 0.1) is 0 Å². The molecule has 4 nitrogen and oxygen atoms in total. The summed E-state index contributed by atoms with van der Waals surface area (Å²) in [5, 5.41) is 4.94. The summed E-state index contributed by atoms with van der Waals surface area (Å²) in [7, 11) is 0. The van der Waals surface area contributed by atoms with E-state index in [0.29, 0.717) is 6.42 Å². The summed E-state index contributed by atoms with van der Waals surface area (Å²) < 4.78 is 3.85. The maximum Gasteiger partial charge on any atom is 0.229 e. The van der Waals surface area contributed by atoms with Gasteiger partial charge in [0.2, 0.25) is 5.91 Å². The summed E-state index contributed by atoms with van der Waals surface area (Å²) in [4.78, 5) is 18.0. The van der Waals surface area contributed by atoms with Crippen molar-refractivity contribution in [3.8, 4) is 11.3 Å². The molecule has 26 heavy (non-hydrogen) atoms.